The van der Waals surface area contributed by atoms with Crippen molar-refractivity contribution in [3.8, 4) is 39.9 Å². The van der Waals surface area contributed by atoms with E-state index in [1.807, 2.05) is 0 Å². The molecule has 2 fully saturated rings. The highest BCUT2D eigenvalue weighted by molar-refractivity contribution is 6.14. The van der Waals surface area contributed by atoms with Gasteiger partial charge in [-0.05, 0) is 35.2 Å². The third-order valence-electron chi connectivity index (χ3n) is 8.90. The molecule has 4 heterocycles. The third kappa shape index (κ3) is 5.35. The van der Waals surface area contributed by atoms with Gasteiger partial charge in [0.2, 0.25) is 13.1 Å². The van der Waals surface area contributed by atoms with Crippen LogP contribution in [0.1, 0.15) is 15.9 Å². The number of fused-ring (bicyclic) bond motifs is 3. The van der Waals surface area contributed by atoms with Crippen LogP contribution < -0.4 is 23.7 Å². The van der Waals surface area contributed by atoms with Gasteiger partial charge < -0.3 is 73.3 Å². The number of ether oxygens (including phenoxy) is 9. The predicted molar refractivity (Wildman–Crippen MR) is 159 cm³/mol. The van der Waals surface area contributed by atoms with E-state index in [1.54, 1.807) is 30.3 Å². The molecule has 48 heavy (non-hydrogen) atoms. The van der Waals surface area contributed by atoms with E-state index in [-0.39, 0.29) is 24.7 Å². The van der Waals surface area contributed by atoms with Crippen molar-refractivity contribution in [2.24, 2.45) is 0 Å². The number of carbonyl (C=O) groups excluding carboxylic acids is 1. The highest BCUT2D eigenvalue weighted by Gasteiger charge is 2.48. The first kappa shape index (κ1) is 32.6. The number of hydrogen-bond acceptors (Lipinski definition) is 16. The maximum absolute atomic E-state index is 13.4. The number of aliphatic hydroxyl groups excluding tert-OH is 6. The Kier molecular flexibility index (Phi) is 8.69. The summed E-state index contributed by atoms with van der Waals surface area (Å²) in [7, 11) is 2.91. The molecule has 258 valence electrons. The second-order valence-corrected chi connectivity index (χ2v) is 11.6. The van der Waals surface area contributed by atoms with E-state index in [0.717, 1.165) is 0 Å². The summed E-state index contributed by atoms with van der Waals surface area (Å²) < 4.78 is 50.7. The molecule has 0 aliphatic carbocycles. The van der Waals surface area contributed by atoms with Gasteiger partial charge in [-0.1, -0.05) is 6.07 Å². The average Bonchev–Trinajstić information content (AvgIpc) is 3.80. The molecule has 6 N–H and O–H groups in total. The summed E-state index contributed by atoms with van der Waals surface area (Å²) in [5.41, 5.74) is 1.59. The van der Waals surface area contributed by atoms with E-state index in [0.29, 0.717) is 50.5 Å². The lowest BCUT2D eigenvalue weighted by molar-refractivity contribution is -0.290. The first-order chi connectivity index (χ1) is 23.1. The molecule has 7 rings (SSSR count). The highest BCUT2D eigenvalue weighted by atomic mass is 16.7. The summed E-state index contributed by atoms with van der Waals surface area (Å²) in [6.45, 7) is -1.20. The Labute approximate surface area is 272 Å². The minimum absolute atomic E-state index is 0.0488. The van der Waals surface area contributed by atoms with Gasteiger partial charge in [0.15, 0.2) is 29.3 Å². The molecule has 4 aliphatic heterocycles. The monoisotopic (exact) mass is 674 g/mol. The van der Waals surface area contributed by atoms with Gasteiger partial charge in [-0.3, -0.25) is 0 Å². The van der Waals surface area contributed by atoms with Crippen LogP contribution in [0.3, 0.4) is 0 Å². The number of rotatable bonds is 9. The number of hydrogen-bond donors (Lipinski definition) is 6. The maximum Gasteiger partial charge on any atom is 0.339 e. The number of benzene rings is 3. The fraction of sp³-hybridized carbons (Fsp3) is 0.469. The zero-order valence-corrected chi connectivity index (χ0v) is 25.7. The molecule has 2 saturated heterocycles. The number of esters is 1. The molecular formula is C32H34O16. The molecule has 9 atom stereocenters. The molecule has 0 amide bonds. The minimum Gasteiger partial charge on any atom is -0.493 e. The van der Waals surface area contributed by atoms with E-state index < -0.39 is 74.5 Å². The summed E-state index contributed by atoms with van der Waals surface area (Å²) in [6, 6.07) is 8.54. The summed E-state index contributed by atoms with van der Waals surface area (Å²) in [6.07, 6.45) is -13.6. The second-order valence-electron chi connectivity index (χ2n) is 11.6. The fourth-order valence-corrected chi connectivity index (χ4v) is 6.36. The van der Waals surface area contributed by atoms with Crippen LogP contribution in [0.15, 0.2) is 30.3 Å². The van der Waals surface area contributed by atoms with Crippen molar-refractivity contribution in [1.29, 1.82) is 0 Å². The molecule has 0 bridgehead atoms. The highest BCUT2D eigenvalue weighted by Crippen LogP contribution is 2.49. The largest absolute Gasteiger partial charge is 0.493 e. The van der Waals surface area contributed by atoms with Crippen LogP contribution in [0.2, 0.25) is 0 Å². The Morgan fingerprint density at radius 2 is 1.42 bits per heavy atom. The van der Waals surface area contributed by atoms with E-state index in [9.17, 15) is 35.4 Å². The molecule has 0 aromatic heterocycles. The van der Waals surface area contributed by atoms with Crippen molar-refractivity contribution in [3.63, 3.8) is 0 Å². The first-order valence-electron chi connectivity index (χ1n) is 15.1. The zero-order chi connectivity index (χ0) is 33.9. The van der Waals surface area contributed by atoms with E-state index in [1.165, 1.54) is 14.2 Å². The van der Waals surface area contributed by atoms with Crippen molar-refractivity contribution in [1.82, 2.24) is 0 Å². The standard InChI is InChI=1S/C32H34O16/c1-40-17-6-13-14(7-18(17)41-2)29(15-9-42-30(39)23(15)22(13)12-3-4-16-19(5-12)45-11-44-16)48-32-28(38)26(36)25(35)21(47-32)10-43-31-27(37)24(34)20(8-33)46-31/h3-7,20-21,24-28,31-38H,8-11H2,1-2H3/t20-,21+,24-,25+,26-,27+,28+,31+,32-/m0/s1. The lowest BCUT2D eigenvalue weighted by Crippen LogP contribution is -2.60. The van der Waals surface area contributed by atoms with E-state index >= 15 is 0 Å². The van der Waals surface area contributed by atoms with Crippen LogP contribution in [-0.4, -0.2) is 126 Å². The smallest absolute Gasteiger partial charge is 0.339 e. The number of carbonyl (C=O) groups is 1. The Bertz CT molecular complexity index is 1710. The van der Waals surface area contributed by atoms with Crippen molar-refractivity contribution in [2.75, 3.05) is 34.2 Å². The minimum atomic E-state index is -1.78. The van der Waals surface area contributed by atoms with Gasteiger partial charge in [0.1, 0.15) is 55.1 Å². The SMILES string of the molecule is COc1cc2c(O[C@@H]3O[C@H](CO[C@@H]4O[C@@H](CO)[C@H](O)[C@H]4O)[C@@H](O)[C@H](O)[C@H]3O)c3c(c(-c4ccc5c(c4)OCO5)c2cc1OC)C(=O)OC3. The quantitative estimate of drug-likeness (QED) is 0.158. The molecule has 0 spiro atoms. The first-order valence-corrected chi connectivity index (χ1v) is 15.1. The molecule has 16 heteroatoms. The van der Waals surface area contributed by atoms with Gasteiger partial charge >= 0.3 is 5.97 Å². The second kappa shape index (κ2) is 12.8. The number of aliphatic hydroxyl groups is 6. The molecule has 3 aromatic rings. The lowest BCUT2D eigenvalue weighted by Gasteiger charge is -2.40. The van der Waals surface area contributed by atoms with Crippen molar-refractivity contribution in [2.45, 2.75) is 61.9 Å². The van der Waals surface area contributed by atoms with Crippen molar-refractivity contribution in [3.05, 3.63) is 41.5 Å². The number of methoxy groups -OCH3 is 2. The fourth-order valence-electron chi connectivity index (χ4n) is 6.36. The Morgan fingerprint density at radius 3 is 2.12 bits per heavy atom. The maximum atomic E-state index is 13.4. The van der Waals surface area contributed by atoms with Gasteiger partial charge in [0.25, 0.3) is 0 Å². The Balaban J connectivity index is 1.28. The molecule has 0 saturated carbocycles. The van der Waals surface area contributed by atoms with Crippen molar-refractivity contribution >= 4 is 16.7 Å². The van der Waals surface area contributed by atoms with E-state index in [2.05, 4.69) is 0 Å². The molecular weight excluding hydrogens is 640 g/mol. The molecule has 0 unspecified atom stereocenters. The Morgan fingerprint density at radius 1 is 0.750 bits per heavy atom. The summed E-state index contributed by atoms with van der Waals surface area (Å²) in [4.78, 5) is 13.4. The van der Waals surface area contributed by atoms with Gasteiger partial charge in [0.05, 0.1) is 33.0 Å². The van der Waals surface area contributed by atoms with Crippen molar-refractivity contribution < 1.29 is 78.1 Å². The topological polar surface area (TPSA) is 222 Å². The molecule has 0 radical (unpaired) electrons. The number of cyclic esters (lactones) is 1. The summed E-state index contributed by atoms with van der Waals surface area (Å²) >= 11 is 0. The van der Waals surface area contributed by atoms with Crippen LogP contribution >= 0.6 is 0 Å². The third-order valence-corrected chi connectivity index (χ3v) is 8.90. The zero-order valence-electron chi connectivity index (χ0n) is 25.7. The summed E-state index contributed by atoms with van der Waals surface area (Å²) in [5.74, 6) is 1.14. The van der Waals surface area contributed by atoms with E-state index in [4.69, 9.17) is 42.6 Å². The lowest BCUT2D eigenvalue weighted by atomic mass is 9.89. The van der Waals surface area contributed by atoms with Gasteiger partial charge in [0, 0.05) is 16.5 Å². The summed E-state index contributed by atoms with van der Waals surface area (Å²) in [5, 5.41) is 63.0. The molecule has 16 nitrogen and oxygen atoms in total. The van der Waals surface area contributed by atoms with Gasteiger partial charge in [-0.25, -0.2) is 4.79 Å². The van der Waals surface area contributed by atoms with Crippen LogP contribution in [0.5, 0.6) is 28.7 Å². The molecule has 4 aliphatic rings. The van der Waals surface area contributed by atoms with Crippen LogP contribution in [0.4, 0.5) is 0 Å². The normalized spacial score (nSPS) is 30.8. The van der Waals surface area contributed by atoms with Gasteiger partial charge in [-0.15, -0.1) is 0 Å². The average molecular weight is 675 g/mol. The predicted octanol–water partition coefficient (Wildman–Crippen LogP) is -0.435. The van der Waals surface area contributed by atoms with Gasteiger partial charge in [-0.2, -0.15) is 0 Å². The van der Waals surface area contributed by atoms with Crippen LogP contribution in [0.25, 0.3) is 21.9 Å². The Hall–Kier alpha value is -3.97. The molecule has 3 aromatic carbocycles. The van der Waals surface area contributed by atoms with Crippen LogP contribution in [-0.2, 0) is 25.6 Å². The van der Waals surface area contributed by atoms with Crippen LogP contribution in [0, 0.1) is 0 Å².